The van der Waals surface area contributed by atoms with Crippen LogP contribution >= 0.6 is 0 Å². The van der Waals surface area contributed by atoms with E-state index in [4.69, 9.17) is 16.6 Å². The number of esters is 4. The molecule has 0 aliphatic carbocycles. The zero-order valence-corrected chi connectivity index (χ0v) is 56.5. The van der Waals surface area contributed by atoms with Gasteiger partial charge in [-0.3, -0.25) is 10.0 Å². The first-order valence-electron chi connectivity index (χ1n) is 25.9. The van der Waals surface area contributed by atoms with Crippen LogP contribution in [0.1, 0.15) is 52.8 Å². The monoisotopic (exact) mass is 1380 g/mol. The normalized spacial score (nSPS) is 10.5. The molecule has 0 unspecified atom stereocenters. The second-order valence-electron chi connectivity index (χ2n) is 18.9. The van der Waals surface area contributed by atoms with Crippen molar-refractivity contribution in [1.82, 2.24) is 40.6 Å². The van der Waals surface area contributed by atoms with Crippen LogP contribution in [0, 0.1) is 20.8 Å². The number of aliphatic hydroxyl groups is 1. The molecular formula is C57H76N10O22S4. The number of hydrogen-bond donors (Lipinski definition) is 5. The SMILES string of the molecule is CC(C)=O.COC(=O)C(=O)OC.COC(=O)c1cc(C)n(-c2ccc(S(C)(=O)=O)cc2)n1.COCC(=O)C(=O)OC.CS(=O)(=O)c1ccc(N)cc1.Cc1cc(CN(O)C(N)=O)nn1-c1ccc(S(C)(=O)=O)cc1.Cc1cc(CO)nn1-c1ccc(S(C)(=O)=O)cc1.N. The van der Waals surface area contributed by atoms with Crippen molar-refractivity contribution in [3.8, 4) is 17.1 Å². The van der Waals surface area contributed by atoms with Crippen molar-refractivity contribution in [2.24, 2.45) is 5.73 Å². The molecule has 0 spiro atoms. The molecule has 93 heavy (non-hydrogen) atoms. The fraction of sp³-hybridized carbons (Fsp3) is 0.298. The highest BCUT2D eigenvalue weighted by Gasteiger charge is 2.17. The standard InChI is InChI=1S/C13H16N4O4S.C13H14N2O4S.C12H14N2O3S.C7H9NO2S.C5H8O4.C4H6O4.C3H6O.H3N/c1-9-7-10(8-16(19)13(14)18)15-17(9)11-3-5-12(6-4-11)22(2,20)21;1-9-8-12(13(16)19-2)14-15(9)10-4-6-11(7-5-10)20(3,17)18;1-9-7-10(8-15)13-14(9)11-3-5-12(6-4-11)18(2,16)17;1-11(9,10)7-4-2-6(8)3-5-7;1-8-3-4(6)5(7)9-2;1-7-3(5)4(6)8-2;1-3(2)4;/h3-7,19H,8H2,1-2H3,(H2,14,18);4-8H,1-3H3;3-7,15H,8H2,1-2H3;2-5H,8H2,1H3;3H2,1-2H3;1-2H3;1-2H3;1H3. The van der Waals surface area contributed by atoms with Crippen LogP contribution < -0.4 is 17.6 Å². The third kappa shape index (κ3) is 29.1. The van der Waals surface area contributed by atoms with Crippen molar-refractivity contribution in [1.29, 1.82) is 0 Å². The van der Waals surface area contributed by atoms with Gasteiger partial charge in [-0.15, -0.1) is 0 Å². The molecule has 2 amide bonds. The van der Waals surface area contributed by atoms with Gasteiger partial charge in [0.15, 0.2) is 45.0 Å². The Morgan fingerprint density at radius 3 is 1.08 bits per heavy atom. The van der Waals surface area contributed by atoms with Crippen molar-refractivity contribution < 1.29 is 101 Å². The molecular weight excluding hydrogens is 1300 g/mol. The van der Waals surface area contributed by atoms with Gasteiger partial charge in [-0.2, -0.15) is 15.3 Å². The molecule has 0 atom stereocenters. The molecule has 0 aliphatic heterocycles. The number of hydroxylamine groups is 2. The molecule has 0 fully saturated rings. The average molecular weight is 1380 g/mol. The Labute approximate surface area is 538 Å². The van der Waals surface area contributed by atoms with E-state index in [1.54, 1.807) is 107 Å². The second-order valence-corrected chi connectivity index (χ2v) is 26.9. The number of amides is 2. The zero-order chi connectivity index (χ0) is 70.6. The highest BCUT2D eigenvalue weighted by molar-refractivity contribution is 7.91. The number of rotatable bonds is 14. The number of nitrogen functional groups attached to an aromatic ring is 1. The van der Waals surface area contributed by atoms with Gasteiger partial charge < -0.3 is 51.2 Å². The predicted octanol–water partition coefficient (Wildman–Crippen LogP) is 3.44. The van der Waals surface area contributed by atoms with Crippen molar-refractivity contribution >= 4 is 86.5 Å². The molecule has 0 aliphatic rings. The van der Waals surface area contributed by atoms with E-state index in [1.807, 2.05) is 6.92 Å². The Hall–Kier alpha value is -9.56. The van der Waals surface area contributed by atoms with Crippen LogP contribution in [0.3, 0.4) is 0 Å². The van der Waals surface area contributed by atoms with Crippen LogP contribution in [-0.2, 0) is 100 Å². The lowest BCUT2D eigenvalue weighted by Gasteiger charge is -2.09. The van der Waals surface area contributed by atoms with Crippen molar-refractivity contribution in [3.63, 3.8) is 0 Å². The largest absolute Gasteiger partial charge is 0.464 e. The number of benzene rings is 4. The number of anilines is 1. The van der Waals surface area contributed by atoms with E-state index in [2.05, 4.69) is 39.0 Å². The van der Waals surface area contributed by atoms with Gasteiger partial charge in [0.05, 0.1) is 89.6 Å². The zero-order valence-electron chi connectivity index (χ0n) is 53.3. The molecule has 3 heterocycles. The van der Waals surface area contributed by atoms with Gasteiger partial charge in [-0.05, 0) is 150 Å². The first kappa shape index (κ1) is 83.4. The van der Waals surface area contributed by atoms with Gasteiger partial charge in [0, 0.05) is 54.9 Å². The first-order valence-corrected chi connectivity index (χ1v) is 33.5. The Morgan fingerprint density at radius 1 is 0.495 bits per heavy atom. The van der Waals surface area contributed by atoms with Crippen molar-refractivity contribution in [2.45, 2.75) is 67.4 Å². The summed E-state index contributed by atoms with van der Waals surface area (Å²) in [5.74, 6) is -3.84. The van der Waals surface area contributed by atoms with Gasteiger partial charge in [0.1, 0.15) is 12.4 Å². The fourth-order valence-electron chi connectivity index (χ4n) is 6.61. The summed E-state index contributed by atoms with van der Waals surface area (Å²) in [6.07, 6.45) is 4.62. The number of nitrogens with zero attached hydrogens (tertiary/aromatic N) is 7. The lowest BCUT2D eigenvalue weighted by atomic mass is 10.3. The van der Waals surface area contributed by atoms with Gasteiger partial charge in [-0.1, -0.05) is 0 Å². The van der Waals surface area contributed by atoms with Crippen molar-refractivity contribution in [2.75, 3.05) is 72.9 Å². The molecule has 3 aromatic heterocycles. The number of ether oxygens (including phenoxy) is 5. The quantitative estimate of drug-likeness (QED) is 0.0260. The Balaban J connectivity index is 0.00000111. The van der Waals surface area contributed by atoms with Gasteiger partial charge in [0.25, 0.3) is 5.78 Å². The summed E-state index contributed by atoms with van der Waals surface area (Å²) in [6.45, 7) is 8.06. The summed E-state index contributed by atoms with van der Waals surface area (Å²) in [7, 11) is -6.74. The predicted molar refractivity (Wildman–Crippen MR) is 337 cm³/mol. The molecule has 510 valence electrons. The number of aryl methyl sites for hydroxylation is 3. The van der Waals surface area contributed by atoms with E-state index in [-0.39, 0.29) is 52.1 Å². The molecule has 7 aromatic rings. The first-order chi connectivity index (χ1) is 42.6. The Bertz CT molecular complexity index is 4100. The summed E-state index contributed by atoms with van der Waals surface area (Å²) in [4.78, 5) is 73.4. The minimum absolute atomic E-state index is 0. The highest BCUT2D eigenvalue weighted by Crippen LogP contribution is 2.20. The third-order valence-electron chi connectivity index (χ3n) is 10.9. The van der Waals surface area contributed by atoms with Crippen molar-refractivity contribution in [3.05, 3.63) is 149 Å². The van der Waals surface area contributed by atoms with Gasteiger partial charge in [0.2, 0.25) is 0 Å². The smallest absolute Gasteiger partial charge is 0.417 e. The molecule has 9 N–H and O–H groups in total. The van der Waals surface area contributed by atoms with E-state index in [0.717, 1.165) is 56.6 Å². The van der Waals surface area contributed by atoms with Crippen LogP contribution in [0.2, 0.25) is 0 Å². The molecule has 32 nitrogen and oxygen atoms in total. The number of aliphatic hydroxyl groups excluding tert-OH is 1. The molecule has 0 radical (unpaired) electrons. The van der Waals surface area contributed by atoms with Crippen LogP contribution in [0.25, 0.3) is 17.1 Å². The Morgan fingerprint density at radius 2 is 0.796 bits per heavy atom. The maximum Gasteiger partial charge on any atom is 0.417 e. The maximum atomic E-state index is 11.4. The fourth-order valence-corrected chi connectivity index (χ4v) is 9.14. The second kappa shape index (κ2) is 38.3. The number of carbonyl (C=O) groups excluding carboxylic acids is 7. The molecule has 36 heteroatoms. The number of primary amides is 1. The Kier molecular flexibility index (Phi) is 34.4. The highest BCUT2D eigenvalue weighted by atomic mass is 32.2. The number of carbonyl (C=O) groups is 7. The number of sulfone groups is 4. The molecule has 7 rings (SSSR count). The summed E-state index contributed by atoms with van der Waals surface area (Å²) in [5, 5.41) is 31.3. The van der Waals surface area contributed by atoms with Gasteiger partial charge >= 0.3 is 29.9 Å². The van der Waals surface area contributed by atoms with Gasteiger partial charge in [-0.25, -0.2) is 76.8 Å². The van der Waals surface area contributed by atoms with E-state index < -0.39 is 75.0 Å². The topological polar surface area (TPSA) is 486 Å². The number of nitrogens with two attached hydrogens (primary N) is 2. The van der Waals surface area contributed by atoms with E-state index in [1.165, 1.54) is 77.0 Å². The number of aromatic nitrogens is 6. The average Bonchev–Trinajstić information content (AvgIpc) is 1.79. The van der Waals surface area contributed by atoms with E-state index in [9.17, 15) is 72.4 Å². The lowest BCUT2D eigenvalue weighted by molar-refractivity contribution is -0.164. The molecule has 0 bridgehead atoms. The lowest BCUT2D eigenvalue weighted by Crippen LogP contribution is -2.32. The van der Waals surface area contributed by atoms with Crippen LogP contribution in [0.15, 0.2) is 135 Å². The number of urea groups is 1. The molecule has 0 saturated carbocycles. The van der Waals surface area contributed by atoms with Crippen LogP contribution in [0.5, 0.6) is 0 Å². The number of methoxy groups -OCH3 is 5. The maximum absolute atomic E-state index is 11.4. The summed E-state index contributed by atoms with van der Waals surface area (Å²) >= 11 is 0. The van der Waals surface area contributed by atoms with Crippen LogP contribution in [0.4, 0.5) is 10.5 Å². The molecule has 0 saturated heterocycles. The summed E-state index contributed by atoms with van der Waals surface area (Å²) in [6, 6.07) is 29.2. The minimum Gasteiger partial charge on any atom is -0.464 e. The van der Waals surface area contributed by atoms with E-state index >= 15 is 0 Å². The van der Waals surface area contributed by atoms with Crippen LogP contribution in [-0.4, -0.2) is 187 Å². The third-order valence-corrected chi connectivity index (χ3v) is 15.5. The number of Topliss-reactive ketones (excluding diaryl/α,β-unsaturated/α-hetero) is 2. The number of ketones is 2. The van der Waals surface area contributed by atoms with E-state index in [0.29, 0.717) is 38.4 Å². The summed E-state index contributed by atoms with van der Waals surface area (Å²) in [5.41, 5.74) is 16.6. The summed E-state index contributed by atoms with van der Waals surface area (Å²) < 4.78 is 116. The molecule has 4 aromatic carbocycles. The minimum atomic E-state index is -3.25. The number of hydrogen-bond acceptors (Lipinski definition) is 27.